The molecule has 1 N–H and O–H groups in total. The van der Waals surface area contributed by atoms with Crippen LogP contribution in [-0.2, 0) is 4.79 Å². The van der Waals surface area contributed by atoms with E-state index in [1.165, 1.54) is 11.8 Å². The zero-order valence-corrected chi connectivity index (χ0v) is 12.0. The summed E-state index contributed by atoms with van der Waals surface area (Å²) in [5, 5.41) is 3.37. The van der Waals surface area contributed by atoms with Crippen molar-refractivity contribution in [3.63, 3.8) is 0 Å². The number of carbonyl (C=O) groups is 2. The van der Waals surface area contributed by atoms with Crippen LogP contribution in [0.5, 0.6) is 0 Å². The van der Waals surface area contributed by atoms with Crippen molar-refractivity contribution in [1.29, 1.82) is 0 Å². The number of hydrogen-bond donors (Lipinski definition) is 1. The second-order valence-corrected chi connectivity index (χ2v) is 5.11. The number of nitrogens with zero attached hydrogens (tertiary/aromatic N) is 3. The van der Waals surface area contributed by atoms with Gasteiger partial charge in [0.25, 0.3) is 5.91 Å². The van der Waals surface area contributed by atoms with Gasteiger partial charge in [-0.15, -0.1) is 11.8 Å². The maximum atomic E-state index is 12.5. The fourth-order valence-electron chi connectivity index (χ4n) is 2.05. The maximum absolute atomic E-state index is 12.5. The minimum absolute atomic E-state index is 0.0972. The van der Waals surface area contributed by atoms with Crippen LogP contribution in [0.25, 0.3) is 0 Å². The van der Waals surface area contributed by atoms with Gasteiger partial charge in [-0.3, -0.25) is 9.59 Å². The van der Waals surface area contributed by atoms with Gasteiger partial charge in [-0.05, 0) is 20.1 Å². The summed E-state index contributed by atoms with van der Waals surface area (Å²) in [6, 6.07) is 0. The molecule has 2 amide bonds. The molecule has 1 aliphatic rings. The highest BCUT2D eigenvalue weighted by Gasteiger charge is 2.26. The van der Waals surface area contributed by atoms with Crippen molar-refractivity contribution in [3.8, 4) is 0 Å². The number of amides is 2. The summed E-state index contributed by atoms with van der Waals surface area (Å²) >= 11 is 1.42. The summed E-state index contributed by atoms with van der Waals surface area (Å²) in [5.41, 5.74) is 1.17. The van der Waals surface area contributed by atoms with Gasteiger partial charge in [-0.2, -0.15) is 0 Å². The molecule has 0 unspecified atom stereocenters. The molecule has 1 saturated heterocycles. The quantitative estimate of drug-likeness (QED) is 0.626. The SMILES string of the molecule is CSc1nc(C)nc(C)c1C(=O)N1CCNC(=O)C1. The standard InChI is InChI=1S/C12H16N4O2S/c1-7-10(11(19-3)15-8(2)14-7)12(18)16-5-4-13-9(17)6-16/h4-6H2,1-3H3,(H,13,17). The van der Waals surface area contributed by atoms with Crippen LogP contribution in [0.1, 0.15) is 21.9 Å². The third kappa shape index (κ3) is 2.86. The molecule has 19 heavy (non-hydrogen) atoms. The third-order valence-electron chi connectivity index (χ3n) is 2.90. The lowest BCUT2D eigenvalue weighted by Gasteiger charge is -2.27. The molecule has 1 aliphatic heterocycles. The van der Waals surface area contributed by atoms with E-state index >= 15 is 0 Å². The van der Waals surface area contributed by atoms with E-state index in [1.54, 1.807) is 18.7 Å². The Kier molecular flexibility index (Phi) is 4.04. The highest BCUT2D eigenvalue weighted by molar-refractivity contribution is 7.98. The Balaban J connectivity index is 2.35. The molecule has 0 radical (unpaired) electrons. The Labute approximate surface area is 116 Å². The smallest absolute Gasteiger partial charge is 0.258 e. The molecule has 102 valence electrons. The van der Waals surface area contributed by atoms with E-state index in [1.807, 2.05) is 6.26 Å². The zero-order chi connectivity index (χ0) is 14.0. The number of thioether (sulfide) groups is 1. The van der Waals surface area contributed by atoms with Crippen LogP contribution in [0.3, 0.4) is 0 Å². The van der Waals surface area contributed by atoms with E-state index in [-0.39, 0.29) is 18.4 Å². The molecule has 0 saturated carbocycles. The largest absolute Gasteiger partial charge is 0.353 e. The third-order valence-corrected chi connectivity index (χ3v) is 3.58. The van der Waals surface area contributed by atoms with E-state index in [2.05, 4.69) is 15.3 Å². The average molecular weight is 280 g/mol. The lowest BCUT2D eigenvalue weighted by atomic mass is 10.2. The fraction of sp³-hybridized carbons (Fsp3) is 0.500. The lowest BCUT2D eigenvalue weighted by Crippen LogP contribution is -2.50. The summed E-state index contributed by atoms with van der Waals surface area (Å²) < 4.78 is 0. The number of nitrogens with one attached hydrogen (secondary N) is 1. The Hall–Kier alpha value is -1.63. The lowest BCUT2D eigenvalue weighted by molar-refractivity contribution is -0.123. The number of aromatic nitrogens is 2. The topological polar surface area (TPSA) is 75.2 Å². The maximum Gasteiger partial charge on any atom is 0.258 e. The van der Waals surface area contributed by atoms with E-state index in [4.69, 9.17) is 0 Å². The first-order chi connectivity index (χ1) is 9.02. The zero-order valence-electron chi connectivity index (χ0n) is 11.2. The summed E-state index contributed by atoms with van der Waals surface area (Å²) in [7, 11) is 0. The van der Waals surface area contributed by atoms with Crippen LogP contribution >= 0.6 is 11.8 Å². The van der Waals surface area contributed by atoms with Gasteiger partial charge in [0.05, 0.1) is 17.8 Å². The fourth-order valence-corrected chi connectivity index (χ4v) is 2.71. The molecular weight excluding hydrogens is 264 g/mol. The summed E-state index contributed by atoms with van der Waals surface area (Å²) in [4.78, 5) is 33.9. The summed E-state index contributed by atoms with van der Waals surface area (Å²) in [6.45, 7) is 4.71. The molecular formula is C12H16N4O2S. The van der Waals surface area contributed by atoms with Gasteiger partial charge in [0.2, 0.25) is 5.91 Å². The molecule has 2 heterocycles. The van der Waals surface area contributed by atoms with Gasteiger partial charge in [0.1, 0.15) is 10.9 Å². The van der Waals surface area contributed by atoms with Gasteiger partial charge in [-0.25, -0.2) is 9.97 Å². The molecule has 0 bridgehead atoms. The van der Waals surface area contributed by atoms with Crippen molar-refractivity contribution in [2.75, 3.05) is 25.9 Å². The van der Waals surface area contributed by atoms with Crippen molar-refractivity contribution < 1.29 is 9.59 Å². The van der Waals surface area contributed by atoms with Crippen molar-refractivity contribution in [1.82, 2.24) is 20.2 Å². The van der Waals surface area contributed by atoms with Crippen LogP contribution in [0.15, 0.2) is 5.03 Å². The Morgan fingerprint density at radius 2 is 2.11 bits per heavy atom. The molecule has 0 atom stereocenters. The average Bonchev–Trinajstić information content (AvgIpc) is 2.37. The van der Waals surface area contributed by atoms with Gasteiger partial charge in [-0.1, -0.05) is 0 Å². The van der Waals surface area contributed by atoms with Gasteiger partial charge in [0, 0.05) is 13.1 Å². The predicted octanol–water partition coefficient (Wildman–Crippen LogP) is 0.387. The number of aryl methyl sites for hydroxylation is 2. The molecule has 6 nitrogen and oxygen atoms in total. The first kappa shape index (κ1) is 13.8. The number of piperazine rings is 1. The predicted molar refractivity (Wildman–Crippen MR) is 72.2 cm³/mol. The van der Waals surface area contributed by atoms with Gasteiger partial charge >= 0.3 is 0 Å². The summed E-state index contributed by atoms with van der Waals surface area (Å²) in [5.74, 6) is 0.350. The van der Waals surface area contributed by atoms with Crippen molar-refractivity contribution in [2.45, 2.75) is 18.9 Å². The van der Waals surface area contributed by atoms with Crippen LogP contribution in [0.2, 0.25) is 0 Å². The first-order valence-corrected chi connectivity index (χ1v) is 7.20. The first-order valence-electron chi connectivity index (χ1n) is 5.98. The second-order valence-electron chi connectivity index (χ2n) is 4.32. The molecule has 1 aromatic rings. The molecule has 0 spiro atoms. The monoisotopic (exact) mass is 280 g/mol. The highest BCUT2D eigenvalue weighted by atomic mass is 32.2. The van der Waals surface area contributed by atoms with Crippen LogP contribution in [0, 0.1) is 13.8 Å². The second kappa shape index (κ2) is 5.56. The Bertz CT molecular complexity index is 533. The Morgan fingerprint density at radius 1 is 1.37 bits per heavy atom. The summed E-state index contributed by atoms with van der Waals surface area (Å²) in [6.07, 6.45) is 1.88. The number of hydrogen-bond acceptors (Lipinski definition) is 5. The molecule has 0 aliphatic carbocycles. The van der Waals surface area contributed by atoms with Crippen molar-refractivity contribution in [3.05, 3.63) is 17.1 Å². The van der Waals surface area contributed by atoms with Crippen LogP contribution < -0.4 is 5.32 Å². The normalized spacial score (nSPS) is 15.3. The van der Waals surface area contributed by atoms with E-state index < -0.39 is 0 Å². The molecule has 7 heteroatoms. The number of carbonyl (C=O) groups excluding carboxylic acids is 2. The highest BCUT2D eigenvalue weighted by Crippen LogP contribution is 2.22. The Morgan fingerprint density at radius 3 is 2.74 bits per heavy atom. The molecule has 0 aromatic carbocycles. The molecule has 1 aromatic heterocycles. The minimum Gasteiger partial charge on any atom is -0.353 e. The van der Waals surface area contributed by atoms with Gasteiger partial charge in [0.15, 0.2) is 0 Å². The van der Waals surface area contributed by atoms with E-state index in [0.717, 1.165) is 0 Å². The van der Waals surface area contributed by atoms with Crippen LogP contribution in [0.4, 0.5) is 0 Å². The number of rotatable bonds is 2. The van der Waals surface area contributed by atoms with E-state index in [9.17, 15) is 9.59 Å². The van der Waals surface area contributed by atoms with Crippen LogP contribution in [-0.4, -0.2) is 52.6 Å². The van der Waals surface area contributed by atoms with Crippen molar-refractivity contribution in [2.24, 2.45) is 0 Å². The molecule has 1 fully saturated rings. The minimum atomic E-state index is -0.170. The van der Waals surface area contributed by atoms with Crippen molar-refractivity contribution >= 4 is 23.6 Å². The molecule has 2 rings (SSSR count). The van der Waals surface area contributed by atoms with E-state index in [0.29, 0.717) is 35.2 Å². The van der Waals surface area contributed by atoms with Gasteiger partial charge < -0.3 is 10.2 Å².